The monoisotopic (exact) mass is 489 g/mol. The molecule has 0 aliphatic heterocycles. The van der Waals surface area contributed by atoms with Crippen molar-refractivity contribution in [2.45, 2.75) is 6.92 Å². The van der Waals surface area contributed by atoms with Crippen molar-refractivity contribution in [1.82, 2.24) is 16.2 Å². The average molecular weight is 491 g/mol. The van der Waals surface area contributed by atoms with Gasteiger partial charge in [0, 0.05) is 9.50 Å². The van der Waals surface area contributed by atoms with Gasteiger partial charge in [0.25, 0.3) is 11.8 Å². The Morgan fingerprint density at radius 1 is 1.15 bits per heavy atom. The highest BCUT2D eigenvalue weighted by molar-refractivity contribution is 9.10. The topological polar surface area (TPSA) is 79.5 Å². The Morgan fingerprint density at radius 3 is 2.56 bits per heavy atom. The quantitative estimate of drug-likeness (QED) is 0.449. The highest BCUT2D eigenvalue weighted by atomic mass is 79.9. The molecule has 2 aromatic carbocycles. The standard InChI is InChI=1S/C17H14BrCl2N3O3S/c1-9-6-10(18)2-5-14(9)26-8-15(24)21-17(27)23-22-16(25)12-4-3-11(19)7-13(12)20/h2-7H,8H2,1H3,(H,22,25)(H2,21,23,24,27). The molecule has 2 amide bonds. The molecule has 27 heavy (non-hydrogen) atoms. The van der Waals surface area contributed by atoms with Crippen molar-refractivity contribution in [3.8, 4) is 5.75 Å². The van der Waals surface area contributed by atoms with Crippen molar-refractivity contribution in [3.05, 3.63) is 62.0 Å². The number of carbonyl (C=O) groups is 2. The zero-order valence-corrected chi connectivity index (χ0v) is 17.9. The molecule has 0 saturated heterocycles. The predicted molar refractivity (Wildman–Crippen MR) is 112 cm³/mol. The van der Waals surface area contributed by atoms with Gasteiger partial charge in [-0.25, -0.2) is 0 Å². The number of nitrogens with one attached hydrogen (secondary N) is 3. The smallest absolute Gasteiger partial charge is 0.271 e. The van der Waals surface area contributed by atoms with Gasteiger partial charge in [-0.2, -0.15) is 0 Å². The second kappa shape index (κ2) is 9.89. The summed E-state index contributed by atoms with van der Waals surface area (Å²) in [6.45, 7) is 1.63. The van der Waals surface area contributed by atoms with Crippen molar-refractivity contribution in [2.24, 2.45) is 0 Å². The third-order valence-corrected chi connectivity index (χ3v) is 4.46. The van der Waals surface area contributed by atoms with Crippen LogP contribution in [0.1, 0.15) is 15.9 Å². The zero-order chi connectivity index (χ0) is 20.0. The molecule has 0 bridgehead atoms. The fourth-order valence-corrected chi connectivity index (χ4v) is 3.10. The minimum atomic E-state index is -0.532. The minimum Gasteiger partial charge on any atom is -0.483 e. The maximum atomic E-state index is 12.0. The molecule has 2 aromatic rings. The molecule has 0 heterocycles. The van der Waals surface area contributed by atoms with Crippen LogP contribution in [0.15, 0.2) is 40.9 Å². The second-order valence-electron chi connectivity index (χ2n) is 5.28. The van der Waals surface area contributed by atoms with Gasteiger partial charge in [-0.05, 0) is 61.1 Å². The third-order valence-electron chi connectivity index (χ3n) is 3.21. The predicted octanol–water partition coefficient (Wildman–Crippen LogP) is 3.78. The number of aryl methyl sites for hydroxylation is 1. The van der Waals surface area contributed by atoms with E-state index in [-0.39, 0.29) is 22.3 Å². The van der Waals surface area contributed by atoms with Crippen LogP contribution < -0.4 is 20.9 Å². The van der Waals surface area contributed by atoms with Crippen molar-refractivity contribution in [2.75, 3.05) is 6.61 Å². The lowest BCUT2D eigenvalue weighted by Gasteiger charge is -2.12. The molecule has 0 unspecified atom stereocenters. The fraction of sp³-hybridized carbons (Fsp3) is 0.118. The second-order valence-corrected chi connectivity index (χ2v) is 7.45. The van der Waals surface area contributed by atoms with Crippen LogP contribution in [0.25, 0.3) is 0 Å². The Bertz CT molecular complexity index is 896. The summed E-state index contributed by atoms with van der Waals surface area (Å²) in [5, 5.41) is 2.90. The van der Waals surface area contributed by atoms with Crippen LogP contribution in [0.2, 0.25) is 10.0 Å². The van der Waals surface area contributed by atoms with Gasteiger partial charge < -0.3 is 4.74 Å². The van der Waals surface area contributed by atoms with Gasteiger partial charge in [0.05, 0.1) is 10.6 Å². The minimum absolute atomic E-state index is 0.0884. The van der Waals surface area contributed by atoms with Crippen molar-refractivity contribution < 1.29 is 14.3 Å². The molecule has 0 radical (unpaired) electrons. The lowest BCUT2D eigenvalue weighted by atomic mass is 10.2. The lowest BCUT2D eigenvalue weighted by molar-refractivity contribution is -0.121. The Balaban J connectivity index is 1.79. The van der Waals surface area contributed by atoms with Crippen molar-refractivity contribution in [3.63, 3.8) is 0 Å². The Labute approximate surface area is 179 Å². The highest BCUT2D eigenvalue weighted by Gasteiger charge is 2.12. The third kappa shape index (κ3) is 6.66. The average Bonchev–Trinajstić information content (AvgIpc) is 2.59. The summed E-state index contributed by atoms with van der Waals surface area (Å²) in [6.07, 6.45) is 0. The van der Waals surface area contributed by atoms with Gasteiger partial charge in [-0.15, -0.1) is 0 Å². The number of benzene rings is 2. The summed E-state index contributed by atoms with van der Waals surface area (Å²) in [7, 11) is 0. The first-order valence-corrected chi connectivity index (χ1v) is 9.46. The molecular formula is C17H14BrCl2N3O3S. The van der Waals surface area contributed by atoms with E-state index in [4.69, 9.17) is 40.2 Å². The lowest BCUT2D eigenvalue weighted by Crippen LogP contribution is -2.49. The summed E-state index contributed by atoms with van der Waals surface area (Å²) in [5.41, 5.74) is 5.84. The fourth-order valence-electron chi connectivity index (χ4n) is 1.97. The molecule has 6 nitrogen and oxygen atoms in total. The molecule has 10 heteroatoms. The summed E-state index contributed by atoms with van der Waals surface area (Å²) in [4.78, 5) is 23.9. The number of rotatable bonds is 4. The zero-order valence-electron chi connectivity index (χ0n) is 13.9. The Kier molecular flexibility index (Phi) is 7.85. The molecule has 0 aliphatic rings. The Morgan fingerprint density at radius 2 is 1.89 bits per heavy atom. The van der Waals surface area contributed by atoms with E-state index in [0.29, 0.717) is 10.8 Å². The van der Waals surface area contributed by atoms with Gasteiger partial charge in [-0.1, -0.05) is 39.1 Å². The molecule has 0 aromatic heterocycles. The van der Waals surface area contributed by atoms with E-state index >= 15 is 0 Å². The van der Waals surface area contributed by atoms with Crippen LogP contribution >= 0.6 is 51.3 Å². The van der Waals surface area contributed by atoms with Crippen LogP contribution in [-0.2, 0) is 4.79 Å². The number of thiocarbonyl (C=S) groups is 1. The summed E-state index contributed by atoms with van der Waals surface area (Å²) in [6, 6.07) is 9.88. The largest absolute Gasteiger partial charge is 0.483 e. The molecule has 0 spiro atoms. The molecule has 3 N–H and O–H groups in total. The van der Waals surface area contributed by atoms with E-state index in [1.54, 1.807) is 6.07 Å². The van der Waals surface area contributed by atoms with Crippen LogP contribution in [0.3, 0.4) is 0 Å². The van der Waals surface area contributed by atoms with Crippen LogP contribution in [0.5, 0.6) is 5.75 Å². The van der Waals surface area contributed by atoms with Crippen LogP contribution in [-0.4, -0.2) is 23.5 Å². The van der Waals surface area contributed by atoms with E-state index in [1.165, 1.54) is 18.2 Å². The van der Waals surface area contributed by atoms with Gasteiger partial charge in [0.2, 0.25) is 0 Å². The van der Waals surface area contributed by atoms with E-state index in [2.05, 4.69) is 32.1 Å². The van der Waals surface area contributed by atoms with Crippen molar-refractivity contribution >= 4 is 68.3 Å². The van der Waals surface area contributed by atoms with E-state index in [0.717, 1.165) is 10.0 Å². The summed E-state index contributed by atoms with van der Waals surface area (Å²) < 4.78 is 6.35. The molecule has 0 aliphatic carbocycles. The maximum absolute atomic E-state index is 12.0. The molecular weight excluding hydrogens is 477 g/mol. The number of hydrogen-bond acceptors (Lipinski definition) is 4. The number of halogens is 3. The number of amides is 2. The number of carbonyl (C=O) groups excluding carboxylic acids is 2. The highest BCUT2D eigenvalue weighted by Crippen LogP contribution is 2.22. The van der Waals surface area contributed by atoms with Crippen LogP contribution in [0, 0.1) is 6.92 Å². The number of hydrogen-bond donors (Lipinski definition) is 3. The molecule has 142 valence electrons. The first-order valence-electron chi connectivity index (χ1n) is 7.50. The van der Waals surface area contributed by atoms with Gasteiger partial charge in [0.1, 0.15) is 5.75 Å². The molecule has 0 atom stereocenters. The van der Waals surface area contributed by atoms with E-state index in [1.807, 2.05) is 19.1 Å². The first kappa shape index (κ1) is 21.4. The van der Waals surface area contributed by atoms with Crippen LogP contribution in [0.4, 0.5) is 0 Å². The first-order chi connectivity index (χ1) is 12.8. The van der Waals surface area contributed by atoms with Gasteiger partial charge in [0.15, 0.2) is 11.7 Å². The SMILES string of the molecule is Cc1cc(Br)ccc1OCC(=O)NC(=S)NNC(=O)c1ccc(Cl)cc1Cl. The van der Waals surface area contributed by atoms with Gasteiger partial charge in [-0.3, -0.25) is 25.8 Å². The van der Waals surface area contributed by atoms with Crippen molar-refractivity contribution in [1.29, 1.82) is 0 Å². The van der Waals surface area contributed by atoms with E-state index < -0.39 is 11.8 Å². The van der Waals surface area contributed by atoms with Gasteiger partial charge >= 0.3 is 0 Å². The summed E-state index contributed by atoms with van der Waals surface area (Å²) >= 11 is 20.0. The summed E-state index contributed by atoms with van der Waals surface area (Å²) in [5.74, 6) is -0.429. The Hall–Kier alpha value is -1.87. The molecule has 2 rings (SSSR count). The maximum Gasteiger partial charge on any atom is 0.271 e. The molecule has 0 saturated carbocycles. The normalized spacial score (nSPS) is 10.1. The molecule has 0 fully saturated rings. The van der Waals surface area contributed by atoms with E-state index in [9.17, 15) is 9.59 Å². The number of hydrazine groups is 1. The number of ether oxygens (including phenoxy) is 1.